The molecule has 0 unspecified atom stereocenters. The number of urea groups is 1. The first kappa shape index (κ1) is 17.2. The number of imide groups is 1. The van der Waals surface area contributed by atoms with Crippen molar-refractivity contribution in [3.8, 4) is 5.75 Å². The number of hydrogen-bond donors (Lipinski definition) is 1. The number of likely N-dealkylation sites (N-methyl/N-ethyl adjacent to an activating group) is 1. The van der Waals surface area contributed by atoms with E-state index in [2.05, 4.69) is 5.32 Å². The summed E-state index contributed by atoms with van der Waals surface area (Å²) in [5.74, 6) is 0.234. The van der Waals surface area contributed by atoms with Crippen LogP contribution in [0.15, 0.2) is 54.2 Å². The number of ether oxygens (including phenoxy) is 1. The minimum Gasteiger partial charge on any atom is -0.489 e. The Hall–Kier alpha value is -3.68. The van der Waals surface area contributed by atoms with Crippen LogP contribution in [0, 0.1) is 10.1 Å². The molecule has 1 aliphatic rings. The van der Waals surface area contributed by atoms with Crippen molar-refractivity contribution in [1.29, 1.82) is 0 Å². The van der Waals surface area contributed by atoms with Gasteiger partial charge >= 0.3 is 6.03 Å². The number of nitro benzene ring substituents is 1. The molecular formula is C18H15N3O5. The SMILES string of the molecule is CN1C(=O)N/C(=C/c2ccc(OCc3ccc([N+](=O)[O-])cc3)cc2)C1=O. The highest BCUT2D eigenvalue weighted by Crippen LogP contribution is 2.18. The summed E-state index contributed by atoms with van der Waals surface area (Å²) in [4.78, 5) is 34.4. The van der Waals surface area contributed by atoms with E-state index in [4.69, 9.17) is 4.74 Å². The fourth-order valence-corrected chi connectivity index (χ4v) is 2.33. The first-order valence-electron chi connectivity index (χ1n) is 7.71. The Morgan fingerprint density at radius 1 is 1.12 bits per heavy atom. The lowest BCUT2D eigenvalue weighted by atomic mass is 10.2. The van der Waals surface area contributed by atoms with Crippen molar-refractivity contribution < 1.29 is 19.2 Å². The summed E-state index contributed by atoms with van der Waals surface area (Å²) in [6.45, 7) is 0.276. The van der Waals surface area contributed by atoms with E-state index in [1.165, 1.54) is 19.2 Å². The molecule has 2 aromatic rings. The van der Waals surface area contributed by atoms with Crippen molar-refractivity contribution in [3.05, 3.63) is 75.5 Å². The maximum atomic E-state index is 11.8. The van der Waals surface area contributed by atoms with Gasteiger partial charge in [0, 0.05) is 19.2 Å². The van der Waals surface area contributed by atoms with Crippen molar-refractivity contribution in [2.24, 2.45) is 0 Å². The smallest absolute Gasteiger partial charge is 0.328 e. The Kier molecular flexibility index (Phi) is 4.66. The number of rotatable bonds is 5. The van der Waals surface area contributed by atoms with E-state index in [0.29, 0.717) is 5.75 Å². The van der Waals surface area contributed by atoms with E-state index in [9.17, 15) is 19.7 Å². The Morgan fingerprint density at radius 2 is 1.77 bits per heavy atom. The molecule has 0 aliphatic carbocycles. The molecule has 1 aliphatic heterocycles. The Labute approximate surface area is 148 Å². The summed E-state index contributed by atoms with van der Waals surface area (Å²) < 4.78 is 5.64. The molecule has 3 amide bonds. The lowest BCUT2D eigenvalue weighted by molar-refractivity contribution is -0.384. The van der Waals surface area contributed by atoms with Crippen molar-refractivity contribution in [2.45, 2.75) is 6.61 Å². The molecule has 1 fully saturated rings. The topological polar surface area (TPSA) is 102 Å². The van der Waals surface area contributed by atoms with Crippen LogP contribution in [-0.2, 0) is 11.4 Å². The van der Waals surface area contributed by atoms with Crippen molar-refractivity contribution in [2.75, 3.05) is 7.05 Å². The first-order valence-corrected chi connectivity index (χ1v) is 7.71. The number of non-ortho nitro benzene ring substituents is 1. The number of nitro groups is 1. The second kappa shape index (κ2) is 7.06. The van der Waals surface area contributed by atoms with Crippen molar-refractivity contribution in [3.63, 3.8) is 0 Å². The highest BCUT2D eigenvalue weighted by molar-refractivity contribution is 6.13. The molecule has 2 aromatic carbocycles. The number of carbonyl (C=O) groups excluding carboxylic acids is 2. The molecule has 0 spiro atoms. The number of carbonyl (C=O) groups is 2. The summed E-state index contributed by atoms with van der Waals surface area (Å²) in [5.41, 5.74) is 1.80. The van der Waals surface area contributed by atoms with Gasteiger partial charge < -0.3 is 10.1 Å². The highest BCUT2D eigenvalue weighted by atomic mass is 16.6. The van der Waals surface area contributed by atoms with E-state index in [0.717, 1.165) is 16.0 Å². The number of nitrogens with one attached hydrogen (secondary N) is 1. The number of benzene rings is 2. The standard InChI is InChI=1S/C18H15N3O5/c1-20-17(22)16(19-18(20)23)10-12-4-8-15(9-5-12)26-11-13-2-6-14(7-3-13)21(24)25/h2-10H,11H2,1H3,(H,19,23)/b16-10+. The predicted molar refractivity (Wildman–Crippen MR) is 93.1 cm³/mol. The molecule has 3 rings (SSSR count). The second-order valence-electron chi connectivity index (χ2n) is 5.63. The maximum absolute atomic E-state index is 11.8. The number of amides is 3. The molecular weight excluding hydrogens is 338 g/mol. The Bertz CT molecular complexity index is 888. The Balaban J connectivity index is 1.62. The minimum absolute atomic E-state index is 0.0327. The van der Waals surface area contributed by atoms with Gasteiger partial charge in [0.15, 0.2) is 0 Å². The van der Waals surface area contributed by atoms with Gasteiger partial charge in [-0.25, -0.2) is 4.79 Å². The molecule has 8 heteroatoms. The van der Waals surface area contributed by atoms with Crippen LogP contribution in [0.5, 0.6) is 5.75 Å². The maximum Gasteiger partial charge on any atom is 0.328 e. The third-order valence-corrected chi connectivity index (χ3v) is 3.83. The van der Waals surface area contributed by atoms with Crippen molar-refractivity contribution in [1.82, 2.24) is 10.2 Å². The average molecular weight is 353 g/mol. The molecule has 0 atom stereocenters. The van der Waals surface area contributed by atoms with Gasteiger partial charge in [0.25, 0.3) is 11.6 Å². The number of nitrogens with zero attached hydrogens (tertiary/aromatic N) is 2. The summed E-state index contributed by atoms with van der Waals surface area (Å²) in [6, 6.07) is 12.7. The van der Waals surface area contributed by atoms with Crippen molar-refractivity contribution >= 4 is 23.7 Å². The van der Waals surface area contributed by atoms with Gasteiger partial charge in [0.05, 0.1) is 4.92 Å². The fraction of sp³-hybridized carbons (Fsp3) is 0.111. The van der Waals surface area contributed by atoms with Crippen LogP contribution < -0.4 is 10.1 Å². The minimum atomic E-state index is -0.454. The normalized spacial score (nSPS) is 15.3. The number of hydrogen-bond acceptors (Lipinski definition) is 5. The summed E-state index contributed by atoms with van der Waals surface area (Å²) in [6.07, 6.45) is 1.59. The van der Waals surface area contributed by atoms with E-state index in [-0.39, 0.29) is 23.9 Å². The summed E-state index contributed by atoms with van der Waals surface area (Å²) in [7, 11) is 1.41. The second-order valence-corrected chi connectivity index (χ2v) is 5.63. The predicted octanol–water partition coefficient (Wildman–Crippen LogP) is 2.70. The van der Waals surface area contributed by atoms with Crippen LogP contribution in [-0.4, -0.2) is 28.8 Å². The Morgan fingerprint density at radius 3 is 2.31 bits per heavy atom. The molecule has 132 valence electrons. The average Bonchev–Trinajstić information content (AvgIpc) is 2.88. The summed E-state index contributed by atoms with van der Waals surface area (Å²) >= 11 is 0. The molecule has 8 nitrogen and oxygen atoms in total. The monoisotopic (exact) mass is 353 g/mol. The molecule has 1 saturated heterocycles. The van der Waals surface area contributed by atoms with Crippen LogP contribution in [0.25, 0.3) is 6.08 Å². The van der Waals surface area contributed by atoms with Gasteiger partial charge in [0.2, 0.25) is 0 Å². The molecule has 26 heavy (non-hydrogen) atoms. The third-order valence-electron chi connectivity index (χ3n) is 3.83. The van der Waals surface area contributed by atoms with Gasteiger partial charge in [-0.3, -0.25) is 19.8 Å². The quantitative estimate of drug-likeness (QED) is 0.385. The zero-order valence-corrected chi connectivity index (χ0v) is 13.8. The van der Waals surface area contributed by atoms with Crippen LogP contribution in [0.4, 0.5) is 10.5 Å². The first-order chi connectivity index (χ1) is 12.4. The van der Waals surface area contributed by atoms with Crippen LogP contribution in [0.3, 0.4) is 0 Å². The van der Waals surface area contributed by atoms with E-state index in [1.807, 2.05) is 0 Å². The van der Waals surface area contributed by atoms with E-state index in [1.54, 1.807) is 42.5 Å². The molecule has 0 radical (unpaired) electrons. The van der Waals surface area contributed by atoms with Gasteiger partial charge in [-0.05, 0) is 41.5 Å². The van der Waals surface area contributed by atoms with Gasteiger partial charge in [-0.1, -0.05) is 12.1 Å². The largest absolute Gasteiger partial charge is 0.489 e. The molecule has 0 aromatic heterocycles. The highest BCUT2D eigenvalue weighted by Gasteiger charge is 2.29. The van der Waals surface area contributed by atoms with Gasteiger partial charge in [-0.2, -0.15) is 0 Å². The van der Waals surface area contributed by atoms with E-state index < -0.39 is 11.0 Å². The zero-order chi connectivity index (χ0) is 18.7. The van der Waals surface area contributed by atoms with E-state index >= 15 is 0 Å². The lowest BCUT2D eigenvalue weighted by Gasteiger charge is -2.06. The van der Waals surface area contributed by atoms with Crippen LogP contribution in [0.2, 0.25) is 0 Å². The van der Waals surface area contributed by atoms with Crippen LogP contribution in [0.1, 0.15) is 11.1 Å². The molecule has 0 bridgehead atoms. The zero-order valence-electron chi connectivity index (χ0n) is 13.8. The lowest BCUT2D eigenvalue weighted by Crippen LogP contribution is -2.25. The summed E-state index contributed by atoms with van der Waals surface area (Å²) in [5, 5.41) is 13.1. The molecule has 1 heterocycles. The van der Waals surface area contributed by atoms with Gasteiger partial charge in [-0.15, -0.1) is 0 Å². The fourth-order valence-electron chi connectivity index (χ4n) is 2.33. The van der Waals surface area contributed by atoms with Crippen LogP contribution >= 0.6 is 0 Å². The molecule has 0 saturated carbocycles. The third kappa shape index (κ3) is 3.69. The molecule has 1 N–H and O–H groups in total. The van der Waals surface area contributed by atoms with Gasteiger partial charge in [0.1, 0.15) is 18.1 Å².